The molecule has 0 aliphatic carbocycles. The first-order chi connectivity index (χ1) is 15.1. The number of para-hydroxylation sites is 1. The summed E-state index contributed by atoms with van der Waals surface area (Å²) in [7, 11) is 1.64. The summed E-state index contributed by atoms with van der Waals surface area (Å²) in [6, 6.07) is 25.3. The quantitative estimate of drug-likeness (QED) is 0.419. The van der Waals surface area contributed by atoms with E-state index in [-0.39, 0.29) is 11.7 Å². The van der Waals surface area contributed by atoms with E-state index in [2.05, 4.69) is 15.5 Å². The molecular weight excluding hydrogens is 408 g/mol. The molecule has 0 fully saturated rings. The number of ether oxygens (including phenoxy) is 1. The zero-order valence-corrected chi connectivity index (χ0v) is 18.1. The number of rotatable bonds is 7. The Morgan fingerprint density at radius 1 is 1.00 bits per heavy atom. The van der Waals surface area contributed by atoms with Crippen LogP contribution in [0.3, 0.4) is 0 Å². The molecular formula is C24H22N4O2S. The van der Waals surface area contributed by atoms with Gasteiger partial charge in [0.15, 0.2) is 11.0 Å². The van der Waals surface area contributed by atoms with Gasteiger partial charge in [-0.1, -0.05) is 42.1 Å². The van der Waals surface area contributed by atoms with Crippen LogP contribution in [0, 0.1) is 6.92 Å². The average molecular weight is 431 g/mol. The first-order valence-corrected chi connectivity index (χ1v) is 10.8. The fourth-order valence-electron chi connectivity index (χ4n) is 3.15. The van der Waals surface area contributed by atoms with Crippen molar-refractivity contribution in [3.8, 4) is 22.8 Å². The zero-order valence-electron chi connectivity index (χ0n) is 17.3. The maximum atomic E-state index is 12.5. The van der Waals surface area contributed by atoms with E-state index >= 15 is 0 Å². The number of carbonyl (C=O) groups is 1. The molecule has 0 spiro atoms. The SMILES string of the molecule is COc1ccc(-c2nnc(SCC(=O)Nc3cccc(C)c3)n2-c2ccccc2)cc1. The average Bonchev–Trinajstić information content (AvgIpc) is 3.22. The lowest BCUT2D eigenvalue weighted by Gasteiger charge is -2.11. The number of benzene rings is 3. The molecule has 0 atom stereocenters. The molecule has 0 bridgehead atoms. The van der Waals surface area contributed by atoms with E-state index in [0.717, 1.165) is 28.3 Å². The van der Waals surface area contributed by atoms with Crippen LogP contribution in [-0.2, 0) is 4.79 Å². The van der Waals surface area contributed by atoms with Crippen LogP contribution in [0.1, 0.15) is 5.56 Å². The Morgan fingerprint density at radius 2 is 1.77 bits per heavy atom. The molecule has 31 heavy (non-hydrogen) atoms. The molecule has 1 N–H and O–H groups in total. The van der Waals surface area contributed by atoms with E-state index in [4.69, 9.17) is 4.74 Å². The summed E-state index contributed by atoms with van der Waals surface area (Å²) in [6.07, 6.45) is 0. The first-order valence-electron chi connectivity index (χ1n) is 9.78. The summed E-state index contributed by atoms with van der Waals surface area (Å²) >= 11 is 1.35. The van der Waals surface area contributed by atoms with Crippen molar-refractivity contribution in [3.63, 3.8) is 0 Å². The zero-order chi connectivity index (χ0) is 21.6. The molecule has 4 aromatic rings. The highest BCUT2D eigenvalue weighted by molar-refractivity contribution is 7.99. The number of nitrogens with zero attached hydrogens (tertiary/aromatic N) is 3. The number of carbonyl (C=O) groups excluding carboxylic acids is 1. The summed E-state index contributed by atoms with van der Waals surface area (Å²) < 4.78 is 7.22. The van der Waals surface area contributed by atoms with Crippen LogP contribution in [-0.4, -0.2) is 33.5 Å². The molecule has 6 nitrogen and oxygen atoms in total. The Balaban J connectivity index is 1.58. The molecule has 0 aliphatic rings. The number of nitrogens with one attached hydrogen (secondary N) is 1. The van der Waals surface area contributed by atoms with Crippen LogP contribution in [0.2, 0.25) is 0 Å². The molecule has 0 radical (unpaired) electrons. The first kappa shape index (κ1) is 20.7. The lowest BCUT2D eigenvalue weighted by Crippen LogP contribution is -2.14. The number of aryl methyl sites for hydroxylation is 1. The number of thioether (sulfide) groups is 1. The molecule has 4 rings (SSSR count). The number of hydrogen-bond donors (Lipinski definition) is 1. The van der Waals surface area contributed by atoms with Gasteiger partial charge in [0.25, 0.3) is 0 Å². The standard InChI is InChI=1S/C24H22N4O2S/c1-17-7-6-8-19(15-17)25-22(29)16-31-24-27-26-23(18-11-13-21(30-2)14-12-18)28(24)20-9-4-3-5-10-20/h3-15H,16H2,1-2H3,(H,25,29). The third-order valence-corrected chi connectivity index (χ3v) is 5.56. The lowest BCUT2D eigenvalue weighted by atomic mass is 10.2. The van der Waals surface area contributed by atoms with Crippen molar-refractivity contribution < 1.29 is 9.53 Å². The molecule has 156 valence electrons. The lowest BCUT2D eigenvalue weighted by molar-refractivity contribution is -0.113. The highest BCUT2D eigenvalue weighted by Gasteiger charge is 2.17. The van der Waals surface area contributed by atoms with Gasteiger partial charge in [0.1, 0.15) is 5.75 Å². The van der Waals surface area contributed by atoms with Crippen molar-refractivity contribution in [2.24, 2.45) is 0 Å². The molecule has 0 aliphatic heterocycles. The summed E-state index contributed by atoms with van der Waals surface area (Å²) in [5.41, 5.74) is 3.72. The van der Waals surface area contributed by atoms with E-state index in [1.165, 1.54) is 11.8 Å². The minimum absolute atomic E-state index is 0.0933. The van der Waals surface area contributed by atoms with Gasteiger partial charge in [-0.25, -0.2) is 0 Å². The third kappa shape index (κ3) is 4.95. The molecule has 3 aromatic carbocycles. The monoisotopic (exact) mass is 430 g/mol. The van der Waals surface area contributed by atoms with Crippen LogP contribution in [0.5, 0.6) is 5.75 Å². The van der Waals surface area contributed by atoms with Gasteiger partial charge >= 0.3 is 0 Å². The van der Waals surface area contributed by atoms with E-state index < -0.39 is 0 Å². The fraction of sp³-hybridized carbons (Fsp3) is 0.125. The Morgan fingerprint density at radius 3 is 2.48 bits per heavy atom. The van der Waals surface area contributed by atoms with Crippen LogP contribution in [0.25, 0.3) is 17.1 Å². The largest absolute Gasteiger partial charge is 0.497 e. The maximum Gasteiger partial charge on any atom is 0.234 e. The Hall–Kier alpha value is -3.58. The Bertz CT molecular complexity index is 1170. The number of methoxy groups -OCH3 is 1. The minimum atomic E-state index is -0.0933. The second-order valence-electron chi connectivity index (χ2n) is 6.91. The van der Waals surface area contributed by atoms with Crippen molar-refractivity contribution in [2.75, 3.05) is 18.2 Å². The maximum absolute atomic E-state index is 12.5. The van der Waals surface area contributed by atoms with Gasteiger partial charge in [-0.3, -0.25) is 9.36 Å². The minimum Gasteiger partial charge on any atom is -0.497 e. The number of aromatic nitrogens is 3. The summed E-state index contributed by atoms with van der Waals surface area (Å²) in [5.74, 6) is 1.61. The van der Waals surface area contributed by atoms with Gasteiger partial charge in [-0.05, 0) is 61.0 Å². The molecule has 1 heterocycles. The summed E-state index contributed by atoms with van der Waals surface area (Å²) in [6.45, 7) is 1.99. The predicted molar refractivity (Wildman–Crippen MR) is 124 cm³/mol. The predicted octanol–water partition coefficient (Wildman–Crippen LogP) is 4.98. The molecule has 1 aromatic heterocycles. The molecule has 0 saturated carbocycles. The second kappa shape index (κ2) is 9.49. The summed E-state index contributed by atoms with van der Waals surface area (Å²) in [4.78, 5) is 12.5. The van der Waals surface area contributed by atoms with Gasteiger partial charge in [0.2, 0.25) is 5.91 Å². The van der Waals surface area contributed by atoms with Crippen molar-refractivity contribution in [1.82, 2.24) is 14.8 Å². The highest BCUT2D eigenvalue weighted by atomic mass is 32.2. The van der Waals surface area contributed by atoms with E-state index in [1.54, 1.807) is 7.11 Å². The molecule has 0 saturated heterocycles. The van der Waals surface area contributed by atoms with Crippen molar-refractivity contribution in [1.29, 1.82) is 0 Å². The van der Waals surface area contributed by atoms with Crippen LogP contribution in [0.15, 0.2) is 84.0 Å². The number of hydrogen-bond acceptors (Lipinski definition) is 5. The van der Waals surface area contributed by atoms with Gasteiger partial charge in [0.05, 0.1) is 12.9 Å². The molecule has 0 unspecified atom stereocenters. The normalized spacial score (nSPS) is 10.6. The smallest absolute Gasteiger partial charge is 0.234 e. The highest BCUT2D eigenvalue weighted by Crippen LogP contribution is 2.29. The van der Waals surface area contributed by atoms with E-state index in [0.29, 0.717) is 11.0 Å². The van der Waals surface area contributed by atoms with Gasteiger partial charge < -0.3 is 10.1 Å². The van der Waals surface area contributed by atoms with Crippen LogP contribution in [0.4, 0.5) is 5.69 Å². The topological polar surface area (TPSA) is 69.0 Å². The fourth-order valence-corrected chi connectivity index (χ4v) is 3.90. The van der Waals surface area contributed by atoms with Gasteiger partial charge in [-0.2, -0.15) is 0 Å². The van der Waals surface area contributed by atoms with Gasteiger partial charge in [0, 0.05) is 16.9 Å². The van der Waals surface area contributed by atoms with Crippen molar-refractivity contribution >= 4 is 23.4 Å². The Labute approximate surface area is 185 Å². The van der Waals surface area contributed by atoms with Crippen molar-refractivity contribution in [2.45, 2.75) is 12.1 Å². The van der Waals surface area contributed by atoms with Crippen molar-refractivity contribution in [3.05, 3.63) is 84.4 Å². The van der Waals surface area contributed by atoms with Crippen LogP contribution < -0.4 is 10.1 Å². The van der Waals surface area contributed by atoms with E-state index in [1.807, 2.05) is 90.4 Å². The van der Waals surface area contributed by atoms with E-state index in [9.17, 15) is 4.79 Å². The second-order valence-corrected chi connectivity index (χ2v) is 7.85. The van der Waals surface area contributed by atoms with Gasteiger partial charge in [-0.15, -0.1) is 10.2 Å². The third-order valence-electron chi connectivity index (χ3n) is 4.63. The van der Waals surface area contributed by atoms with Crippen LogP contribution >= 0.6 is 11.8 Å². The summed E-state index contributed by atoms with van der Waals surface area (Å²) in [5, 5.41) is 12.4. The molecule has 7 heteroatoms. The molecule has 1 amide bonds. The number of amides is 1. The number of anilines is 1. The Kier molecular flexibility index (Phi) is 6.33.